The van der Waals surface area contributed by atoms with Crippen LogP contribution in [0, 0.1) is 0 Å². The summed E-state index contributed by atoms with van der Waals surface area (Å²) in [5.74, 6) is -0.606. The quantitative estimate of drug-likeness (QED) is 0.222. The van der Waals surface area contributed by atoms with Crippen molar-refractivity contribution in [1.82, 2.24) is 0 Å². The van der Waals surface area contributed by atoms with E-state index in [0.29, 0.717) is 0 Å². The Balaban J connectivity index is 4.31. The molecule has 7 nitrogen and oxygen atoms in total. The molecule has 0 aromatic rings. The van der Waals surface area contributed by atoms with Gasteiger partial charge in [-0.2, -0.15) is 0 Å². The first-order valence-corrected chi connectivity index (χ1v) is 9.35. The van der Waals surface area contributed by atoms with Gasteiger partial charge in [0, 0.05) is 5.57 Å². The molecule has 0 aliphatic rings. The van der Waals surface area contributed by atoms with Gasteiger partial charge in [0.15, 0.2) is 0 Å². The second-order valence-corrected chi connectivity index (χ2v) is 6.82. The Bertz CT molecular complexity index is 383. The fourth-order valence-corrected chi connectivity index (χ4v) is 2.56. The third-order valence-electron chi connectivity index (χ3n) is 2.67. The van der Waals surface area contributed by atoms with Crippen LogP contribution < -0.4 is 0 Å². The van der Waals surface area contributed by atoms with Crippen molar-refractivity contribution in [3.05, 3.63) is 12.2 Å². The molecule has 0 rings (SSSR count). The summed E-state index contributed by atoms with van der Waals surface area (Å²) in [6, 6.07) is 0. The van der Waals surface area contributed by atoms with E-state index in [1.807, 2.05) is 13.8 Å². The molecular formula is C15H29O7P. The third kappa shape index (κ3) is 11.5. The molecule has 23 heavy (non-hydrogen) atoms. The first-order chi connectivity index (χ1) is 10.8. The Morgan fingerprint density at radius 3 is 2.04 bits per heavy atom. The van der Waals surface area contributed by atoms with Crippen LogP contribution in [0.4, 0.5) is 0 Å². The highest BCUT2D eigenvalue weighted by atomic mass is 31.2. The molecule has 136 valence electrons. The van der Waals surface area contributed by atoms with Gasteiger partial charge in [0.2, 0.25) is 0 Å². The molecule has 0 radical (unpaired) electrons. The SMILES string of the molecule is C=C(C)C(=O)OCC(O)COP(=O)(OCCCC)OCCCC. The predicted octanol–water partition coefficient (Wildman–Crippen LogP) is 3.22. The number of carbonyl (C=O) groups excluding carboxylic acids is 1. The highest BCUT2D eigenvalue weighted by Crippen LogP contribution is 2.49. The lowest BCUT2D eigenvalue weighted by Gasteiger charge is -2.19. The van der Waals surface area contributed by atoms with Gasteiger partial charge in [-0.1, -0.05) is 33.3 Å². The minimum absolute atomic E-state index is 0.231. The van der Waals surface area contributed by atoms with Crippen molar-refractivity contribution < 1.29 is 32.8 Å². The average Bonchev–Trinajstić information content (AvgIpc) is 2.51. The van der Waals surface area contributed by atoms with Crippen LogP contribution in [0.15, 0.2) is 12.2 Å². The van der Waals surface area contributed by atoms with E-state index in [9.17, 15) is 14.5 Å². The van der Waals surface area contributed by atoms with Crippen molar-refractivity contribution in [1.29, 1.82) is 0 Å². The van der Waals surface area contributed by atoms with Gasteiger partial charge in [-0.15, -0.1) is 0 Å². The minimum atomic E-state index is -3.72. The van der Waals surface area contributed by atoms with Crippen molar-refractivity contribution in [2.24, 2.45) is 0 Å². The monoisotopic (exact) mass is 352 g/mol. The van der Waals surface area contributed by atoms with Gasteiger partial charge in [-0.25, -0.2) is 9.36 Å². The van der Waals surface area contributed by atoms with Gasteiger partial charge in [0.05, 0.1) is 19.8 Å². The number of ether oxygens (including phenoxy) is 1. The number of phosphoric ester groups is 1. The molecule has 0 bridgehead atoms. The Morgan fingerprint density at radius 2 is 1.61 bits per heavy atom. The molecule has 0 saturated heterocycles. The van der Waals surface area contributed by atoms with Crippen LogP contribution >= 0.6 is 7.82 Å². The number of carbonyl (C=O) groups is 1. The summed E-state index contributed by atoms with van der Waals surface area (Å²) in [5.41, 5.74) is 0.231. The number of hydrogen-bond acceptors (Lipinski definition) is 7. The Labute approximate surface area is 138 Å². The van der Waals surface area contributed by atoms with Gasteiger partial charge < -0.3 is 9.84 Å². The summed E-state index contributed by atoms with van der Waals surface area (Å²) < 4.78 is 32.7. The molecule has 0 amide bonds. The fraction of sp³-hybridized carbons (Fsp3) is 0.800. The number of aliphatic hydroxyl groups is 1. The van der Waals surface area contributed by atoms with E-state index in [0.717, 1.165) is 25.7 Å². The van der Waals surface area contributed by atoms with Crippen molar-refractivity contribution >= 4 is 13.8 Å². The summed E-state index contributed by atoms with van der Waals surface area (Å²) in [6.45, 7) is 8.79. The summed E-state index contributed by atoms with van der Waals surface area (Å²) >= 11 is 0. The molecule has 0 aromatic heterocycles. The second-order valence-electron chi connectivity index (χ2n) is 5.15. The number of hydrogen-bond donors (Lipinski definition) is 1. The first-order valence-electron chi connectivity index (χ1n) is 7.89. The van der Waals surface area contributed by atoms with E-state index in [1.54, 1.807) is 0 Å². The van der Waals surface area contributed by atoms with Crippen LogP contribution in [0.25, 0.3) is 0 Å². The van der Waals surface area contributed by atoms with E-state index in [-0.39, 0.29) is 32.0 Å². The summed E-state index contributed by atoms with van der Waals surface area (Å²) in [7, 11) is -3.72. The van der Waals surface area contributed by atoms with Gasteiger partial charge in [-0.05, 0) is 19.8 Å². The lowest BCUT2D eigenvalue weighted by atomic mass is 10.3. The molecule has 0 heterocycles. The summed E-state index contributed by atoms with van der Waals surface area (Å²) in [5, 5.41) is 9.72. The van der Waals surface area contributed by atoms with Crippen molar-refractivity contribution in [3.8, 4) is 0 Å². The lowest BCUT2D eigenvalue weighted by molar-refractivity contribution is -0.142. The number of unbranched alkanes of at least 4 members (excludes halogenated alkanes) is 2. The largest absolute Gasteiger partial charge is 0.474 e. The van der Waals surface area contributed by atoms with E-state index >= 15 is 0 Å². The fourth-order valence-electron chi connectivity index (χ4n) is 1.27. The molecule has 8 heteroatoms. The zero-order valence-electron chi connectivity index (χ0n) is 14.3. The van der Waals surface area contributed by atoms with Gasteiger partial charge in [0.1, 0.15) is 12.7 Å². The minimum Gasteiger partial charge on any atom is -0.460 e. The summed E-state index contributed by atoms with van der Waals surface area (Å²) in [4.78, 5) is 11.2. The zero-order chi connectivity index (χ0) is 17.7. The van der Waals surface area contributed by atoms with Gasteiger partial charge >= 0.3 is 13.8 Å². The maximum Gasteiger partial charge on any atom is 0.474 e. The van der Waals surface area contributed by atoms with Gasteiger partial charge in [-0.3, -0.25) is 13.6 Å². The highest BCUT2D eigenvalue weighted by Gasteiger charge is 2.27. The summed E-state index contributed by atoms with van der Waals surface area (Å²) in [6.07, 6.45) is 2.09. The smallest absolute Gasteiger partial charge is 0.460 e. The molecule has 0 aromatic carbocycles. The Morgan fingerprint density at radius 1 is 1.09 bits per heavy atom. The molecule has 1 atom stereocenters. The Hall–Kier alpha value is -0.720. The molecule has 1 N–H and O–H groups in total. The molecule has 0 aliphatic heterocycles. The average molecular weight is 352 g/mol. The Kier molecular flexibility index (Phi) is 12.3. The molecule has 0 spiro atoms. The maximum atomic E-state index is 12.4. The van der Waals surface area contributed by atoms with Crippen molar-refractivity contribution in [3.63, 3.8) is 0 Å². The van der Waals surface area contributed by atoms with Crippen molar-refractivity contribution in [2.75, 3.05) is 26.4 Å². The van der Waals surface area contributed by atoms with Crippen LogP contribution in [-0.2, 0) is 27.7 Å². The van der Waals surface area contributed by atoms with Crippen LogP contribution in [0.2, 0.25) is 0 Å². The van der Waals surface area contributed by atoms with Crippen LogP contribution in [-0.4, -0.2) is 43.6 Å². The maximum absolute atomic E-state index is 12.4. The molecular weight excluding hydrogens is 323 g/mol. The number of esters is 1. The second kappa shape index (κ2) is 12.7. The molecule has 0 saturated carbocycles. The standard InChI is InChI=1S/C15H29O7P/c1-5-7-9-20-23(18,21-10-8-6-2)22-12-14(16)11-19-15(17)13(3)4/h14,16H,3,5-12H2,1-2,4H3. The van der Waals surface area contributed by atoms with E-state index in [4.69, 9.17) is 18.3 Å². The van der Waals surface area contributed by atoms with Gasteiger partial charge in [0.25, 0.3) is 0 Å². The van der Waals surface area contributed by atoms with E-state index in [2.05, 4.69) is 6.58 Å². The topological polar surface area (TPSA) is 91.3 Å². The van der Waals surface area contributed by atoms with Crippen LogP contribution in [0.1, 0.15) is 46.5 Å². The molecule has 1 unspecified atom stereocenters. The number of phosphoric acid groups is 1. The normalized spacial score (nSPS) is 12.9. The van der Waals surface area contributed by atoms with Crippen molar-refractivity contribution in [2.45, 2.75) is 52.6 Å². The van der Waals surface area contributed by atoms with Crippen LogP contribution in [0.5, 0.6) is 0 Å². The third-order valence-corrected chi connectivity index (χ3v) is 4.14. The molecule has 0 fully saturated rings. The van der Waals surface area contributed by atoms with Crippen LogP contribution in [0.3, 0.4) is 0 Å². The van der Waals surface area contributed by atoms with E-state index in [1.165, 1.54) is 6.92 Å². The first kappa shape index (κ1) is 22.3. The number of rotatable bonds is 14. The number of aliphatic hydroxyl groups excluding tert-OH is 1. The lowest BCUT2D eigenvalue weighted by Crippen LogP contribution is -2.24. The highest BCUT2D eigenvalue weighted by molar-refractivity contribution is 7.48. The predicted molar refractivity (Wildman–Crippen MR) is 87.1 cm³/mol. The molecule has 0 aliphatic carbocycles. The van der Waals surface area contributed by atoms with E-state index < -0.39 is 19.9 Å². The zero-order valence-corrected chi connectivity index (χ0v) is 15.2.